The van der Waals surface area contributed by atoms with E-state index in [1.54, 1.807) is 13.3 Å². The van der Waals surface area contributed by atoms with Crippen LogP contribution in [0.1, 0.15) is 11.1 Å². The van der Waals surface area contributed by atoms with Crippen LogP contribution in [0, 0.1) is 13.8 Å². The van der Waals surface area contributed by atoms with Crippen LogP contribution in [0.3, 0.4) is 0 Å². The van der Waals surface area contributed by atoms with Gasteiger partial charge in [-0.15, -0.1) is 0 Å². The van der Waals surface area contributed by atoms with Crippen molar-refractivity contribution in [2.24, 2.45) is 0 Å². The van der Waals surface area contributed by atoms with Crippen molar-refractivity contribution < 1.29 is 4.74 Å². The Kier molecular flexibility index (Phi) is 2.95. The molecule has 0 saturated carbocycles. The topological polar surface area (TPSA) is 55.0 Å². The molecule has 1 N–H and O–H groups in total. The van der Waals surface area contributed by atoms with Gasteiger partial charge in [-0.2, -0.15) is 0 Å². The van der Waals surface area contributed by atoms with Crippen LogP contribution in [0.4, 0.5) is 0 Å². The average Bonchev–Trinajstić information content (AvgIpc) is 2.31. The molecule has 1 heterocycles. The Labute approximate surface area is 99.3 Å². The Bertz CT molecular complexity index is 603. The number of nitrogens with one attached hydrogen (secondary N) is 1. The SMILES string of the molecule is COc1cc(C)c(-c2cncc(=O)[nH]2)cc1C. The van der Waals surface area contributed by atoms with E-state index in [0.29, 0.717) is 0 Å². The Balaban J connectivity index is 2.60. The van der Waals surface area contributed by atoms with Crippen molar-refractivity contribution in [2.75, 3.05) is 7.11 Å². The van der Waals surface area contributed by atoms with Gasteiger partial charge in [-0.3, -0.25) is 9.78 Å². The highest BCUT2D eigenvalue weighted by molar-refractivity contribution is 5.65. The monoisotopic (exact) mass is 230 g/mol. The van der Waals surface area contributed by atoms with Crippen LogP contribution >= 0.6 is 0 Å². The molecule has 1 aromatic carbocycles. The third-order valence-electron chi connectivity index (χ3n) is 2.69. The lowest BCUT2D eigenvalue weighted by Gasteiger charge is -2.10. The molecule has 2 aromatic rings. The van der Waals surface area contributed by atoms with Gasteiger partial charge in [0.25, 0.3) is 5.56 Å². The molecule has 0 spiro atoms. The number of hydrogen-bond acceptors (Lipinski definition) is 3. The maximum atomic E-state index is 11.2. The predicted octanol–water partition coefficient (Wildman–Crippen LogP) is 2.06. The first-order valence-corrected chi connectivity index (χ1v) is 5.31. The lowest BCUT2D eigenvalue weighted by atomic mass is 10.0. The minimum absolute atomic E-state index is 0.199. The second-order valence-corrected chi connectivity index (χ2v) is 3.95. The van der Waals surface area contributed by atoms with E-state index in [4.69, 9.17) is 4.74 Å². The van der Waals surface area contributed by atoms with Gasteiger partial charge >= 0.3 is 0 Å². The molecule has 0 bridgehead atoms. The molecular weight excluding hydrogens is 216 g/mol. The van der Waals surface area contributed by atoms with Gasteiger partial charge < -0.3 is 9.72 Å². The number of rotatable bonds is 2. The number of ether oxygens (including phenoxy) is 1. The Morgan fingerprint density at radius 2 is 1.94 bits per heavy atom. The van der Waals surface area contributed by atoms with Crippen LogP contribution in [0.2, 0.25) is 0 Å². The van der Waals surface area contributed by atoms with Crippen LogP contribution in [-0.2, 0) is 0 Å². The molecular formula is C13H14N2O2. The van der Waals surface area contributed by atoms with Crippen molar-refractivity contribution in [2.45, 2.75) is 13.8 Å². The fourth-order valence-electron chi connectivity index (χ4n) is 1.81. The summed E-state index contributed by atoms with van der Waals surface area (Å²) in [5.41, 5.74) is 3.55. The number of H-pyrrole nitrogens is 1. The maximum absolute atomic E-state index is 11.2. The number of hydrogen-bond donors (Lipinski definition) is 1. The molecule has 1 aromatic heterocycles. The number of aromatic amines is 1. The number of aryl methyl sites for hydroxylation is 2. The van der Waals surface area contributed by atoms with Gasteiger partial charge in [0.15, 0.2) is 0 Å². The zero-order valence-electron chi connectivity index (χ0n) is 10.1. The summed E-state index contributed by atoms with van der Waals surface area (Å²) in [7, 11) is 1.65. The molecule has 4 nitrogen and oxygen atoms in total. The van der Waals surface area contributed by atoms with Crippen LogP contribution in [-0.4, -0.2) is 17.1 Å². The normalized spacial score (nSPS) is 10.3. The van der Waals surface area contributed by atoms with Crippen molar-refractivity contribution in [3.63, 3.8) is 0 Å². The Morgan fingerprint density at radius 3 is 2.59 bits per heavy atom. The van der Waals surface area contributed by atoms with E-state index in [0.717, 1.165) is 28.1 Å². The van der Waals surface area contributed by atoms with Gasteiger partial charge in [0.1, 0.15) is 5.75 Å². The minimum Gasteiger partial charge on any atom is -0.496 e. The summed E-state index contributed by atoms with van der Waals surface area (Å²) in [4.78, 5) is 17.9. The molecule has 0 aliphatic rings. The highest BCUT2D eigenvalue weighted by Crippen LogP contribution is 2.27. The molecule has 0 radical (unpaired) electrons. The van der Waals surface area contributed by atoms with Crippen molar-refractivity contribution in [3.05, 3.63) is 46.0 Å². The predicted molar refractivity (Wildman–Crippen MR) is 66.3 cm³/mol. The van der Waals surface area contributed by atoms with Crippen LogP contribution in [0.25, 0.3) is 11.3 Å². The van der Waals surface area contributed by atoms with Gasteiger partial charge in [0.05, 0.1) is 25.2 Å². The molecule has 17 heavy (non-hydrogen) atoms. The van der Waals surface area contributed by atoms with Crippen LogP contribution in [0.15, 0.2) is 29.3 Å². The third-order valence-corrected chi connectivity index (χ3v) is 2.69. The van der Waals surface area contributed by atoms with E-state index in [-0.39, 0.29) is 5.56 Å². The lowest BCUT2D eigenvalue weighted by molar-refractivity contribution is 0.411. The summed E-state index contributed by atoms with van der Waals surface area (Å²) in [5, 5.41) is 0. The molecule has 2 rings (SSSR count). The first-order chi connectivity index (χ1) is 8.11. The third kappa shape index (κ3) is 2.20. The van der Waals surface area contributed by atoms with E-state index >= 15 is 0 Å². The molecule has 0 saturated heterocycles. The van der Waals surface area contributed by atoms with Gasteiger partial charge in [0, 0.05) is 5.56 Å². The molecule has 4 heteroatoms. The molecule has 88 valence electrons. The minimum atomic E-state index is -0.199. The first-order valence-electron chi connectivity index (χ1n) is 5.31. The molecule has 0 aliphatic heterocycles. The van der Waals surface area contributed by atoms with Gasteiger partial charge in [0.2, 0.25) is 0 Å². The van der Waals surface area contributed by atoms with E-state index in [2.05, 4.69) is 9.97 Å². The van der Waals surface area contributed by atoms with Crippen molar-refractivity contribution in [3.8, 4) is 17.0 Å². The maximum Gasteiger partial charge on any atom is 0.266 e. The van der Waals surface area contributed by atoms with E-state index in [9.17, 15) is 4.79 Å². The van der Waals surface area contributed by atoms with E-state index in [1.807, 2.05) is 26.0 Å². The highest BCUT2D eigenvalue weighted by atomic mass is 16.5. The summed E-state index contributed by atoms with van der Waals surface area (Å²) in [6.45, 7) is 3.94. The lowest BCUT2D eigenvalue weighted by Crippen LogP contribution is -2.06. The van der Waals surface area contributed by atoms with Crippen molar-refractivity contribution >= 4 is 0 Å². The van der Waals surface area contributed by atoms with Crippen molar-refractivity contribution in [1.29, 1.82) is 0 Å². The number of methoxy groups -OCH3 is 1. The molecule has 0 atom stereocenters. The molecule has 0 fully saturated rings. The zero-order chi connectivity index (χ0) is 12.4. The highest BCUT2D eigenvalue weighted by Gasteiger charge is 2.07. The van der Waals surface area contributed by atoms with E-state index in [1.165, 1.54) is 6.20 Å². The smallest absolute Gasteiger partial charge is 0.266 e. The number of aromatic nitrogens is 2. The fourth-order valence-corrected chi connectivity index (χ4v) is 1.81. The van der Waals surface area contributed by atoms with Gasteiger partial charge in [-0.05, 0) is 37.1 Å². The second kappa shape index (κ2) is 4.41. The number of benzene rings is 1. The molecule has 0 aliphatic carbocycles. The van der Waals surface area contributed by atoms with Crippen LogP contribution in [0.5, 0.6) is 5.75 Å². The quantitative estimate of drug-likeness (QED) is 0.859. The average molecular weight is 230 g/mol. The van der Waals surface area contributed by atoms with Gasteiger partial charge in [-0.1, -0.05) is 0 Å². The molecule has 0 unspecified atom stereocenters. The Hall–Kier alpha value is -2.10. The number of nitrogens with zero attached hydrogens (tertiary/aromatic N) is 1. The van der Waals surface area contributed by atoms with E-state index < -0.39 is 0 Å². The summed E-state index contributed by atoms with van der Waals surface area (Å²) in [6.07, 6.45) is 2.91. The summed E-state index contributed by atoms with van der Waals surface area (Å²) < 4.78 is 5.25. The summed E-state index contributed by atoms with van der Waals surface area (Å²) in [5.74, 6) is 0.845. The second-order valence-electron chi connectivity index (χ2n) is 3.95. The first kappa shape index (κ1) is 11.4. The fraction of sp³-hybridized carbons (Fsp3) is 0.231. The van der Waals surface area contributed by atoms with Gasteiger partial charge in [-0.25, -0.2) is 0 Å². The Morgan fingerprint density at radius 1 is 1.18 bits per heavy atom. The summed E-state index contributed by atoms with van der Waals surface area (Å²) >= 11 is 0. The zero-order valence-corrected chi connectivity index (χ0v) is 10.1. The molecule has 0 amide bonds. The van der Waals surface area contributed by atoms with Crippen LogP contribution < -0.4 is 10.3 Å². The van der Waals surface area contributed by atoms with Crippen molar-refractivity contribution in [1.82, 2.24) is 9.97 Å². The summed E-state index contributed by atoms with van der Waals surface area (Å²) in [6, 6.07) is 3.94. The standard InChI is InChI=1S/C13H14N2O2/c1-8-5-12(17-3)9(2)4-10(8)11-6-14-7-13(16)15-11/h4-7H,1-3H3,(H,15,16). The largest absolute Gasteiger partial charge is 0.496 e.